The third-order valence-corrected chi connectivity index (χ3v) is 3.30. The van der Waals surface area contributed by atoms with E-state index in [4.69, 9.17) is 5.11 Å². The highest BCUT2D eigenvalue weighted by Crippen LogP contribution is 2.02. The Kier molecular flexibility index (Phi) is 15.6. The molecule has 0 unspecified atom stereocenters. The van der Waals surface area contributed by atoms with Crippen molar-refractivity contribution < 1.29 is 15.0 Å². The number of rotatable bonds is 14. The maximum absolute atomic E-state index is 10.3. The van der Waals surface area contributed by atoms with Gasteiger partial charge in [0.05, 0.1) is 6.10 Å². The zero-order chi connectivity index (χ0) is 17.2. The lowest BCUT2D eigenvalue weighted by molar-refractivity contribution is -0.137. The average Bonchev–Trinajstić information content (AvgIpc) is 2.52. The largest absolute Gasteiger partial charge is 0.481 e. The van der Waals surface area contributed by atoms with Crippen LogP contribution in [0.4, 0.5) is 0 Å². The van der Waals surface area contributed by atoms with E-state index >= 15 is 0 Å². The Morgan fingerprint density at radius 3 is 2.43 bits per heavy atom. The fourth-order valence-electron chi connectivity index (χ4n) is 1.95. The van der Waals surface area contributed by atoms with Crippen LogP contribution < -0.4 is 0 Å². The average molecular weight is 320 g/mol. The predicted octanol–water partition coefficient (Wildman–Crippen LogP) is 5.19. The molecule has 23 heavy (non-hydrogen) atoms. The third kappa shape index (κ3) is 18.3. The fraction of sp³-hybridized carbons (Fsp3) is 0.550. The first-order valence-corrected chi connectivity index (χ1v) is 8.70. The summed E-state index contributed by atoms with van der Waals surface area (Å²) in [6, 6.07) is 0. The van der Waals surface area contributed by atoms with Gasteiger partial charge in [0.2, 0.25) is 0 Å². The molecule has 130 valence electrons. The van der Waals surface area contributed by atoms with Crippen LogP contribution in [0.15, 0.2) is 48.6 Å². The minimum Gasteiger partial charge on any atom is -0.481 e. The first kappa shape index (κ1) is 21.4. The van der Waals surface area contributed by atoms with Crippen molar-refractivity contribution in [1.29, 1.82) is 0 Å². The summed E-state index contributed by atoms with van der Waals surface area (Å²) in [5.74, 6) is -0.757. The van der Waals surface area contributed by atoms with Gasteiger partial charge in [-0.2, -0.15) is 0 Å². The van der Waals surface area contributed by atoms with Crippen LogP contribution in [0.1, 0.15) is 64.7 Å². The second-order valence-electron chi connectivity index (χ2n) is 5.58. The molecule has 0 saturated carbocycles. The van der Waals surface area contributed by atoms with E-state index in [-0.39, 0.29) is 6.42 Å². The summed E-state index contributed by atoms with van der Waals surface area (Å²) in [7, 11) is 0. The Morgan fingerprint density at radius 1 is 0.957 bits per heavy atom. The van der Waals surface area contributed by atoms with Crippen molar-refractivity contribution in [3.63, 3.8) is 0 Å². The van der Waals surface area contributed by atoms with E-state index in [0.29, 0.717) is 12.8 Å². The van der Waals surface area contributed by atoms with E-state index in [2.05, 4.69) is 25.2 Å². The van der Waals surface area contributed by atoms with E-state index < -0.39 is 12.1 Å². The smallest absolute Gasteiger partial charge is 0.303 e. The molecule has 1 atom stereocenters. The molecule has 0 heterocycles. The highest BCUT2D eigenvalue weighted by molar-refractivity contribution is 5.66. The Morgan fingerprint density at radius 2 is 1.70 bits per heavy atom. The van der Waals surface area contributed by atoms with E-state index in [1.165, 1.54) is 19.3 Å². The van der Waals surface area contributed by atoms with Gasteiger partial charge in [-0.3, -0.25) is 4.79 Å². The molecule has 0 radical (unpaired) electrons. The number of carboxylic acids is 1. The summed E-state index contributed by atoms with van der Waals surface area (Å²) >= 11 is 0. The molecular formula is C20H32O3. The maximum Gasteiger partial charge on any atom is 0.303 e. The molecular weight excluding hydrogens is 288 g/mol. The SMILES string of the molecule is CCCCC/C=C/C/C=C\C[C@@H](O)/C=C/C=C\CCCC(=O)O. The number of aliphatic carboxylic acids is 1. The number of hydrogen-bond donors (Lipinski definition) is 2. The van der Waals surface area contributed by atoms with Gasteiger partial charge in [0.25, 0.3) is 0 Å². The molecule has 0 amide bonds. The topological polar surface area (TPSA) is 57.5 Å². The first-order chi connectivity index (χ1) is 11.2. The van der Waals surface area contributed by atoms with E-state index in [0.717, 1.165) is 19.3 Å². The predicted molar refractivity (Wildman–Crippen MR) is 97.4 cm³/mol. The molecule has 0 aromatic heterocycles. The van der Waals surface area contributed by atoms with Gasteiger partial charge in [0.15, 0.2) is 0 Å². The fourth-order valence-corrected chi connectivity index (χ4v) is 1.95. The van der Waals surface area contributed by atoms with Crippen molar-refractivity contribution in [2.75, 3.05) is 0 Å². The van der Waals surface area contributed by atoms with Crippen LogP contribution in [0.5, 0.6) is 0 Å². The van der Waals surface area contributed by atoms with Gasteiger partial charge in [-0.15, -0.1) is 0 Å². The molecule has 0 aromatic rings. The van der Waals surface area contributed by atoms with E-state index in [1.54, 1.807) is 6.08 Å². The highest BCUT2D eigenvalue weighted by atomic mass is 16.4. The standard InChI is InChI=1S/C20H32O3/c1-2-3-4-5-6-7-8-10-13-16-19(21)17-14-11-9-12-15-18-20(22)23/h6-7,9-11,13-14,17,19,21H,2-5,8,12,15-16,18H2,1H3,(H,22,23)/b7-6+,11-9-,13-10-,17-14+/t19-/m1/s1. The molecule has 2 N–H and O–H groups in total. The molecule has 0 aromatic carbocycles. The van der Waals surface area contributed by atoms with Crippen molar-refractivity contribution in [2.45, 2.75) is 70.8 Å². The third-order valence-electron chi connectivity index (χ3n) is 3.30. The van der Waals surface area contributed by atoms with Crippen LogP contribution in [-0.2, 0) is 4.79 Å². The number of carboxylic acid groups (broad SMARTS) is 1. The van der Waals surface area contributed by atoms with Gasteiger partial charge in [0, 0.05) is 6.42 Å². The number of unbranched alkanes of at least 4 members (excludes halogenated alkanes) is 4. The van der Waals surface area contributed by atoms with Crippen LogP contribution in [-0.4, -0.2) is 22.3 Å². The Labute approximate surface area is 141 Å². The van der Waals surface area contributed by atoms with Crippen LogP contribution in [0.2, 0.25) is 0 Å². The molecule has 0 aliphatic carbocycles. The minimum atomic E-state index is -0.757. The molecule has 3 nitrogen and oxygen atoms in total. The molecule has 0 aliphatic rings. The Bertz CT molecular complexity index is 392. The Hall–Kier alpha value is -1.61. The molecule has 0 bridgehead atoms. The summed E-state index contributed by atoms with van der Waals surface area (Å²) < 4.78 is 0. The van der Waals surface area contributed by atoms with Crippen molar-refractivity contribution in [1.82, 2.24) is 0 Å². The van der Waals surface area contributed by atoms with Crippen LogP contribution >= 0.6 is 0 Å². The number of aliphatic hydroxyl groups excluding tert-OH is 1. The molecule has 3 heteroatoms. The molecule has 0 saturated heterocycles. The summed E-state index contributed by atoms with van der Waals surface area (Å²) in [5.41, 5.74) is 0. The quantitative estimate of drug-likeness (QED) is 0.263. The molecule has 0 aliphatic heterocycles. The number of hydrogen-bond acceptors (Lipinski definition) is 2. The number of carbonyl (C=O) groups is 1. The summed E-state index contributed by atoms with van der Waals surface area (Å²) in [6.45, 7) is 2.21. The van der Waals surface area contributed by atoms with E-state index in [1.807, 2.05) is 24.3 Å². The lowest BCUT2D eigenvalue weighted by atomic mass is 10.2. The number of allylic oxidation sites excluding steroid dienone is 6. The monoisotopic (exact) mass is 320 g/mol. The van der Waals surface area contributed by atoms with Crippen LogP contribution in [0.3, 0.4) is 0 Å². The summed E-state index contributed by atoms with van der Waals surface area (Å²) in [4.78, 5) is 10.3. The van der Waals surface area contributed by atoms with Crippen LogP contribution in [0.25, 0.3) is 0 Å². The van der Waals surface area contributed by atoms with Crippen molar-refractivity contribution in [3.8, 4) is 0 Å². The lowest BCUT2D eigenvalue weighted by Gasteiger charge is -1.98. The minimum absolute atomic E-state index is 0.203. The van der Waals surface area contributed by atoms with Crippen molar-refractivity contribution >= 4 is 5.97 Å². The van der Waals surface area contributed by atoms with Gasteiger partial charge in [-0.1, -0.05) is 68.4 Å². The zero-order valence-corrected chi connectivity index (χ0v) is 14.4. The summed E-state index contributed by atoms with van der Waals surface area (Å²) in [5, 5.41) is 18.2. The van der Waals surface area contributed by atoms with Gasteiger partial charge < -0.3 is 10.2 Å². The van der Waals surface area contributed by atoms with Gasteiger partial charge in [-0.05, 0) is 38.5 Å². The summed E-state index contributed by atoms with van der Waals surface area (Å²) in [6.07, 6.45) is 23.5. The lowest BCUT2D eigenvalue weighted by Crippen LogP contribution is -1.98. The van der Waals surface area contributed by atoms with Gasteiger partial charge in [0.1, 0.15) is 0 Å². The van der Waals surface area contributed by atoms with E-state index in [9.17, 15) is 9.90 Å². The Balaban J connectivity index is 3.62. The normalized spacial score (nSPS) is 13.8. The molecule has 0 spiro atoms. The van der Waals surface area contributed by atoms with Crippen molar-refractivity contribution in [3.05, 3.63) is 48.6 Å². The maximum atomic E-state index is 10.3. The van der Waals surface area contributed by atoms with Crippen molar-refractivity contribution in [2.24, 2.45) is 0 Å². The second-order valence-corrected chi connectivity index (χ2v) is 5.58. The molecule has 0 rings (SSSR count). The molecule has 0 fully saturated rings. The van der Waals surface area contributed by atoms with Gasteiger partial charge >= 0.3 is 5.97 Å². The second kappa shape index (κ2) is 16.8. The number of aliphatic hydroxyl groups is 1. The zero-order valence-electron chi connectivity index (χ0n) is 14.4. The first-order valence-electron chi connectivity index (χ1n) is 8.70. The van der Waals surface area contributed by atoms with Crippen LogP contribution in [0, 0.1) is 0 Å². The van der Waals surface area contributed by atoms with Gasteiger partial charge in [-0.25, -0.2) is 0 Å². The highest BCUT2D eigenvalue weighted by Gasteiger charge is 1.94.